The number of rotatable bonds is 11. The molecule has 0 radical (unpaired) electrons. The first-order valence-electron chi connectivity index (χ1n) is 19.5. The molecule has 5 aromatic rings. The molecule has 2 aliphatic heterocycles. The topological polar surface area (TPSA) is 148 Å². The third kappa shape index (κ3) is 9.59. The summed E-state index contributed by atoms with van der Waals surface area (Å²) in [4.78, 5) is 57.5. The Morgan fingerprint density at radius 2 is 1.56 bits per heavy atom. The monoisotopic (exact) mass is 860 g/mol. The number of anilines is 1. The molecule has 3 amide bonds. The van der Waals surface area contributed by atoms with Crippen molar-refractivity contribution in [1.29, 1.82) is 5.26 Å². The summed E-state index contributed by atoms with van der Waals surface area (Å²) in [6, 6.07) is 30.6. The Bertz CT molecular complexity index is 2510. The van der Waals surface area contributed by atoms with Crippen LogP contribution in [-0.2, 0) is 49.9 Å². The van der Waals surface area contributed by atoms with Crippen LogP contribution >= 0.6 is 23.2 Å². The van der Waals surface area contributed by atoms with Crippen molar-refractivity contribution in [1.82, 2.24) is 10.2 Å². The fraction of sp³-hybridized carbons (Fsp3) is 0.255. The normalized spacial score (nSPS) is 16.1. The minimum Gasteiger partial charge on any atom is -0.489 e. The van der Waals surface area contributed by atoms with E-state index in [1.54, 1.807) is 81.6 Å². The fourth-order valence-electron chi connectivity index (χ4n) is 7.28. The van der Waals surface area contributed by atoms with Crippen molar-refractivity contribution in [3.05, 3.63) is 147 Å². The Kier molecular flexibility index (Phi) is 12.8. The summed E-state index contributed by atoms with van der Waals surface area (Å²) >= 11 is 12.2. The molecule has 1 N–H and O–H groups in total. The van der Waals surface area contributed by atoms with Gasteiger partial charge in [-0.3, -0.25) is 14.5 Å². The molecule has 0 saturated heterocycles. The van der Waals surface area contributed by atoms with E-state index in [0.717, 1.165) is 27.8 Å². The fourth-order valence-corrected chi connectivity index (χ4v) is 7.60. The maximum atomic E-state index is 14.2. The molecule has 0 spiro atoms. The minimum absolute atomic E-state index is 0.00249. The molecule has 12 nitrogen and oxygen atoms in total. The molecular weight excluding hydrogens is 819 g/mol. The van der Waals surface area contributed by atoms with Crippen LogP contribution in [0.25, 0.3) is 11.1 Å². The van der Waals surface area contributed by atoms with Crippen molar-refractivity contribution >= 4 is 52.8 Å². The van der Waals surface area contributed by atoms with E-state index in [-0.39, 0.29) is 31.9 Å². The van der Waals surface area contributed by atoms with Crippen molar-refractivity contribution in [2.75, 3.05) is 19.1 Å². The van der Waals surface area contributed by atoms with E-state index in [2.05, 4.69) is 11.4 Å². The van der Waals surface area contributed by atoms with Crippen LogP contribution in [0.5, 0.6) is 11.5 Å². The van der Waals surface area contributed by atoms with E-state index < -0.39 is 42.3 Å². The van der Waals surface area contributed by atoms with E-state index in [9.17, 15) is 19.2 Å². The first-order chi connectivity index (χ1) is 29.3. The summed E-state index contributed by atoms with van der Waals surface area (Å²) in [6.07, 6.45) is -1.92. The SMILES string of the molecule is COC(=O)[C@H](Cc1ccc(-c2ccc(C#N)cc2)cc1)NC(=O)C1Cc2cc3c(cc2CN1C(=O)OC(C)C)O[C@@H](c1ccc(OCc2ccc(Cl)c(Cl)c2)cc1)C(=O)N3C. The summed E-state index contributed by atoms with van der Waals surface area (Å²) < 4.78 is 22.9. The van der Waals surface area contributed by atoms with Crippen LogP contribution < -0.4 is 19.7 Å². The molecule has 61 heavy (non-hydrogen) atoms. The van der Waals surface area contributed by atoms with Gasteiger partial charge in [0.2, 0.25) is 12.0 Å². The summed E-state index contributed by atoms with van der Waals surface area (Å²) in [5, 5.41) is 12.9. The number of benzene rings is 5. The van der Waals surface area contributed by atoms with Crippen LogP contribution in [0.2, 0.25) is 10.0 Å². The molecule has 0 aromatic heterocycles. The van der Waals surface area contributed by atoms with E-state index in [0.29, 0.717) is 43.9 Å². The molecule has 0 fully saturated rings. The quantitative estimate of drug-likeness (QED) is 0.129. The van der Waals surface area contributed by atoms with Crippen LogP contribution in [0.1, 0.15) is 53.3 Å². The lowest BCUT2D eigenvalue weighted by Crippen LogP contribution is -2.56. The zero-order valence-electron chi connectivity index (χ0n) is 33.8. The third-order valence-corrected chi connectivity index (χ3v) is 11.3. The maximum Gasteiger partial charge on any atom is 0.411 e. The average Bonchev–Trinajstić information content (AvgIpc) is 3.26. The number of nitrogens with zero attached hydrogens (tertiary/aromatic N) is 3. The van der Waals surface area contributed by atoms with Gasteiger partial charge in [0, 0.05) is 25.5 Å². The summed E-state index contributed by atoms with van der Waals surface area (Å²) in [5.41, 5.74) is 6.57. The molecule has 2 heterocycles. The van der Waals surface area contributed by atoms with Crippen molar-refractivity contribution < 1.29 is 38.1 Å². The molecular formula is C47H42Cl2N4O8. The van der Waals surface area contributed by atoms with E-state index >= 15 is 0 Å². The van der Waals surface area contributed by atoms with E-state index in [1.807, 2.05) is 42.5 Å². The second-order valence-corrected chi connectivity index (χ2v) is 15.9. The zero-order chi connectivity index (χ0) is 43.4. The van der Waals surface area contributed by atoms with Crippen LogP contribution in [-0.4, -0.2) is 61.1 Å². The highest BCUT2D eigenvalue weighted by Gasteiger charge is 2.40. The Hall–Kier alpha value is -6.55. The van der Waals surface area contributed by atoms with Gasteiger partial charge in [0.15, 0.2) is 0 Å². The number of amides is 3. The standard InChI is InChI=1S/C47H42Cl2N4O8/c1-27(2)60-47(57)53-25-35-23-42-40(52(3)45(55)43(61-42)33-14-16-36(17-15-33)59-26-30-9-18-37(48)38(49)19-30)21-34(35)22-41(53)44(54)51-39(46(56)58-4)20-28-5-10-31(11-6-28)32-12-7-29(24-50)8-13-32/h5-19,21,23,27,39,41,43H,20,22,25-26H2,1-4H3,(H,51,54)/t39-,41?,43-/m0/s1. The number of likely N-dealkylation sites (N-methyl/N-ethyl adjacent to an activating group) is 1. The van der Waals surface area contributed by atoms with Crippen molar-refractivity contribution in [2.24, 2.45) is 0 Å². The Morgan fingerprint density at radius 1 is 0.885 bits per heavy atom. The average molecular weight is 862 g/mol. The first-order valence-corrected chi connectivity index (χ1v) is 20.3. The molecule has 1 unspecified atom stereocenters. The maximum absolute atomic E-state index is 14.2. The van der Waals surface area contributed by atoms with Crippen LogP contribution in [0.4, 0.5) is 10.5 Å². The molecule has 3 atom stereocenters. The van der Waals surface area contributed by atoms with Gasteiger partial charge in [-0.1, -0.05) is 77.8 Å². The lowest BCUT2D eigenvalue weighted by Gasteiger charge is -2.38. The van der Waals surface area contributed by atoms with Crippen LogP contribution in [0, 0.1) is 11.3 Å². The Morgan fingerprint density at radius 3 is 2.20 bits per heavy atom. The predicted octanol–water partition coefficient (Wildman–Crippen LogP) is 8.38. The Labute approximate surface area is 363 Å². The number of esters is 1. The molecule has 7 rings (SSSR count). The summed E-state index contributed by atoms with van der Waals surface area (Å²) in [6.45, 7) is 3.71. The highest BCUT2D eigenvalue weighted by molar-refractivity contribution is 6.42. The van der Waals surface area contributed by atoms with Crippen molar-refractivity contribution in [2.45, 2.75) is 64.1 Å². The largest absolute Gasteiger partial charge is 0.489 e. The molecule has 312 valence electrons. The summed E-state index contributed by atoms with van der Waals surface area (Å²) in [5.74, 6) is -0.500. The first kappa shape index (κ1) is 42.6. The van der Waals surface area contributed by atoms with Crippen LogP contribution in [0.15, 0.2) is 103 Å². The molecule has 0 aliphatic carbocycles. The van der Waals surface area contributed by atoms with Crippen molar-refractivity contribution in [3.8, 4) is 28.7 Å². The van der Waals surface area contributed by atoms with Gasteiger partial charge >= 0.3 is 12.1 Å². The van der Waals surface area contributed by atoms with Gasteiger partial charge in [0.25, 0.3) is 5.91 Å². The number of nitriles is 1. The van der Waals surface area contributed by atoms with Crippen LogP contribution in [0.3, 0.4) is 0 Å². The highest BCUT2D eigenvalue weighted by Crippen LogP contribution is 2.42. The summed E-state index contributed by atoms with van der Waals surface area (Å²) in [7, 11) is 2.91. The number of carbonyl (C=O) groups is 4. The van der Waals surface area contributed by atoms with Gasteiger partial charge in [0.05, 0.1) is 47.1 Å². The number of hydrogen-bond donors (Lipinski definition) is 1. The van der Waals surface area contributed by atoms with Gasteiger partial charge in [-0.05, 0) is 95.8 Å². The molecule has 5 aromatic carbocycles. The lowest BCUT2D eigenvalue weighted by molar-refractivity contribution is -0.145. The molecule has 0 saturated carbocycles. The smallest absolute Gasteiger partial charge is 0.411 e. The minimum atomic E-state index is -1.07. The molecule has 2 aliphatic rings. The second kappa shape index (κ2) is 18.4. The van der Waals surface area contributed by atoms with Gasteiger partial charge in [-0.15, -0.1) is 0 Å². The van der Waals surface area contributed by atoms with E-state index in [4.69, 9.17) is 47.4 Å². The van der Waals surface area contributed by atoms with Crippen molar-refractivity contribution in [3.63, 3.8) is 0 Å². The number of ether oxygens (including phenoxy) is 4. The number of halogens is 2. The van der Waals surface area contributed by atoms with Gasteiger partial charge in [-0.2, -0.15) is 5.26 Å². The molecule has 14 heteroatoms. The van der Waals surface area contributed by atoms with E-state index in [1.165, 1.54) is 16.9 Å². The third-order valence-electron chi connectivity index (χ3n) is 10.6. The predicted molar refractivity (Wildman–Crippen MR) is 229 cm³/mol. The lowest BCUT2D eigenvalue weighted by atomic mass is 9.91. The number of carbonyl (C=O) groups excluding carboxylic acids is 4. The second-order valence-electron chi connectivity index (χ2n) is 15.0. The number of methoxy groups -OCH3 is 1. The van der Waals surface area contributed by atoms with Gasteiger partial charge in [0.1, 0.15) is 30.2 Å². The van der Waals surface area contributed by atoms with Gasteiger partial charge in [-0.25, -0.2) is 9.59 Å². The number of fused-ring (bicyclic) bond motifs is 2. The number of nitrogens with one attached hydrogen (secondary N) is 1. The highest BCUT2D eigenvalue weighted by atomic mass is 35.5. The number of hydrogen-bond acceptors (Lipinski definition) is 9. The Balaban J connectivity index is 1.08. The molecule has 0 bridgehead atoms. The zero-order valence-corrected chi connectivity index (χ0v) is 35.3. The van der Waals surface area contributed by atoms with Gasteiger partial charge < -0.3 is 29.2 Å².